The monoisotopic (exact) mass is 191 g/mol. The number of hydrogen-bond donors (Lipinski definition) is 1. The summed E-state index contributed by atoms with van der Waals surface area (Å²) in [5.74, 6) is 1.57. The van der Waals surface area contributed by atoms with Gasteiger partial charge in [-0.25, -0.2) is 0 Å². The van der Waals surface area contributed by atoms with E-state index in [-0.39, 0.29) is 0 Å². The van der Waals surface area contributed by atoms with Crippen LogP contribution >= 0.6 is 0 Å². The molecule has 0 fully saturated rings. The van der Waals surface area contributed by atoms with Crippen molar-refractivity contribution in [2.24, 2.45) is 5.73 Å². The van der Waals surface area contributed by atoms with E-state index in [4.69, 9.17) is 10.5 Å². The predicted molar refractivity (Wildman–Crippen MR) is 57.7 cm³/mol. The molecule has 1 unspecified atom stereocenters. The molecule has 1 aliphatic heterocycles. The topological polar surface area (TPSA) is 35.2 Å². The Kier molecular flexibility index (Phi) is 2.73. The zero-order valence-electron chi connectivity index (χ0n) is 8.62. The fourth-order valence-electron chi connectivity index (χ4n) is 1.99. The van der Waals surface area contributed by atoms with E-state index in [0.717, 1.165) is 31.7 Å². The van der Waals surface area contributed by atoms with Crippen LogP contribution in [-0.2, 0) is 6.42 Å². The van der Waals surface area contributed by atoms with Crippen LogP contribution in [0.1, 0.15) is 30.4 Å². The molecule has 2 heteroatoms. The number of nitrogens with two attached hydrogens (primary N) is 1. The van der Waals surface area contributed by atoms with E-state index < -0.39 is 0 Å². The summed E-state index contributed by atoms with van der Waals surface area (Å²) in [7, 11) is 0. The minimum atomic E-state index is 0.515. The largest absolute Gasteiger partial charge is 0.493 e. The van der Waals surface area contributed by atoms with Gasteiger partial charge in [0.25, 0.3) is 0 Å². The maximum absolute atomic E-state index is 5.61. The van der Waals surface area contributed by atoms with Gasteiger partial charge in [-0.1, -0.05) is 19.1 Å². The lowest BCUT2D eigenvalue weighted by Crippen LogP contribution is -2.08. The molecule has 0 aromatic heterocycles. The van der Waals surface area contributed by atoms with Crippen LogP contribution < -0.4 is 10.5 Å². The molecular formula is C12H17NO. The molecule has 2 rings (SSSR count). The van der Waals surface area contributed by atoms with Crippen LogP contribution in [0.25, 0.3) is 0 Å². The van der Waals surface area contributed by atoms with E-state index in [9.17, 15) is 0 Å². The van der Waals surface area contributed by atoms with Crippen molar-refractivity contribution in [3.63, 3.8) is 0 Å². The zero-order valence-corrected chi connectivity index (χ0v) is 8.62. The molecule has 14 heavy (non-hydrogen) atoms. The van der Waals surface area contributed by atoms with Crippen LogP contribution in [-0.4, -0.2) is 13.2 Å². The molecule has 0 spiro atoms. The van der Waals surface area contributed by atoms with E-state index in [1.54, 1.807) is 0 Å². The van der Waals surface area contributed by atoms with Crippen molar-refractivity contribution in [1.29, 1.82) is 0 Å². The number of benzene rings is 1. The summed E-state index contributed by atoms with van der Waals surface area (Å²) in [5.41, 5.74) is 8.32. The Balaban J connectivity index is 2.27. The van der Waals surface area contributed by atoms with Crippen LogP contribution in [0, 0.1) is 0 Å². The molecule has 1 aromatic rings. The highest BCUT2D eigenvalue weighted by Gasteiger charge is 2.23. The molecule has 0 amide bonds. The standard InChI is InChI=1S/C12H17NO/c1-2-9-3-4-12-11(7-9)10(5-6-13)8-14-12/h3-4,7,10H,2,5-6,8,13H2,1H3. The second-order valence-corrected chi connectivity index (χ2v) is 3.81. The first-order valence-electron chi connectivity index (χ1n) is 5.30. The predicted octanol–water partition coefficient (Wildman–Crippen LogP) is 2.07. The van der Waals surface area contributed by atoms with Gasteiger partial charge in [-0.05, 0) is 31.0 Å². The van der Waals surface area contributed by atoms with Gasteiger partial charge in [0, 0.05) is 11.5 Å². The van der Waals surface area contributed by atoms with Gasteiger partial charge in [-0.2, -0.15) is 0 Å². The van der Waals surface area contributed by atoms with Crippen molar-refractivity contribution in [2.45, 2.75) is 25.7 Å². The summed E-state index contributed by atoms with van der Waals surface area (Å²) in [6, 6.07) is 6.50. The number of fused-ring (bicyclic) bond motifs is 1. The van der Waals surface area contributed by atoms with Crippen molar-refractivity contribution >= 4 is 0 Å². The molecule has 0 aliphatic carbocycles. The van der Waals surface area contributed by atoms with Gasteiger partial charge in [-0.15, -0.1) is 0 Å². The van der Waals surface area contributed by atoms with Gasteiger partial charge < -0.3 is 10.5 Å². The molecule has 2 nitrogen and oxygen atoms in total. The van der Waals surface area contributed by atoms with E-state index >= 15 is 0 Å². The number of rotatable bonds is 3. The molecule has 2 N–H and O–H groups in total. The van der Waals surface area contributed by atoms with Crippen LogP contribution in [0.4, 0.5) is 0 Å². The average Bonchev–Trinajstić information content (AvgIpc) is 2.61. The lowest BCUT2D eigenvalue weighted by atomic mass is 9.96. The van der Waals surface area contributed by atoms with Crippen LogP contribution in [0.3, 0.4) is 0 Å². The SMILES string of the molecule is CCc1ccc2c(c1)C(CCN)CO2. The van der Waals surface area contributed by atoms with E-state index in [1.165, 1.54) is 11.1 Å². The Labute approximate surface area is 85.1 Å². The molecule has 76 valence electrons. The van der Waals surface area contributed by atoms with Gasteiger partial charge >= 0.3 is 0 Å². The average molecular weight is 191 g/mol. The highest BCUT2D eigenvalue weighted by molar-refractivity contribution is 5.42. The Bertz CT molecular complexity index is 320. The Morgan fingerprint density at radius 3 is 3.07 bits per heavy atom. The summed E-state index contributed by atoms with van der Waals surface area (Å²) >= 11 is 0. The van der Waals surface area contributed by atoms with Crippen molar-refractivity contribution in [3.05, 3.63) is 29.3 Å². The Morgan fingerprint density at radius 2 is 2.36 bits per heavy atom. The van der Waals surface area contributed by atoms with E-state index in [1.807, 2.05) is 0 Å². The number of hydrogen-bond acceptors (Lipinski definition) is 2. The van der Waals surface area contributed by atoms with Gasteiger partial charge in [0.1, 0.15) is 5.75 Å². The lowest BCUT2D eigenvalue weighted by Gasteiger charge is -2.07. The lowest BCUT2D eigenvalue weighted by molar-refractivity contribution is 0.326. The van der Waals surface area contributed by atoms with Crippen molar-refractivity contribution in [2.75, 3.05) is 13.2 Å². The first-order valence-corrected chi connectivity index (χ1v) is 5.30. The molecule has 1 aliphatic rings. The highest BCUT2D eigenvalue weighted by atomic mass is 16.5. The molecular weight excluding hydrogens is 174 g/mol. The minimum absolute atomic E-state index is 0.515. The van der Waals surface area contributed by atoms with E-state index in [2.05, 4.69) is 25.1 Å². The van der Waals surface area contributed by atoms with Crippen LogP contribution in [0.5, 0.6) is 5.75 Å². The zero-order chi connectivity index (χ0) is 9.97. The molecule has 0 radical (unpaired) electrons. The Morgan fingerprint density at radius 1 is 1.50 bits per heavy atom. The van der Waals surface area contributed by atoms with Crippen LogP contribution in [0.2, 0.25) is 0 Å². The van der Waals surface area contributed by atoms with Gasteiger partial charge in [-0.3, -0.25) is 0 Å². The van der Waals surface area contributed by atoms with Crippen molar-refractivity contribution in [3.8, 4) is 5.75 Å². The molecule has 0 saturated heterocycles. The van der Waals surface area contributed by atoms with E-state index in [0.29, 0.717) is 5.92 Å². The fraction of sp³-hybridized carbons (Fsp3) is 0.500. The third-order valence-corrected chi connectivity index (χ3v) is 2.88. The van der Waals surface area contributed by atoms with Crippen LogP contribution in [0.15, 0.2) is 18.2 Å². The molecule has 1 heterocycles. The normalized spacial score (nSPS) is 19.1. The smallest absolute Gasteiger partial charge is 0.122 e. The summed E-state index contributed by atoms with van der Waals surface area (Å²) in [6.07, 6.45) is 2.11. The van der Waals surface area contributed by atoms with Crippen molar-refractivity contribution in [1.82, 2.24) is 0 Å². The summed E-state index contributed by atoms with van der Waals surface area (Å²) in [4.78, 5) is 0. The minimum Gasteiger partial charge on any atom is -0.493 e. The maximum atomic E-state index is 5.61. The second kappa shape index (κ2) is 4.01. The van der Waals surface area contributed by atoms with Gasteiger partial charge in [0.15, 0.2) is 0 Å². The third kappa shape index (κ3) is 1.62. The fourth-order valence-corrected chi connectivity index (χ4v) is 1.99. The number of ether oxygens (including phenoxy) is 1. The number of aryl methyl sites for hydroxylation is 1. The van der Waals surface area contributed by atoms with Gasteiger partial charge in [0.05, 0.1) is 6.61 Å². The summed E-state index contributed by atoms with van der Waals surface area (Å²) < 4.78 is 5.61. The summed E-state index contributed by atoms with van der Waals surface area (Å²) in [6.45, 7) is 3.72. The highest BCUT2D eigenvalue weighted by Crippen LogP contribution is 2.36. The first-order chi connectivity index (χ1) is 6.85. The van der Waals surface area contributed by atoms with Crippen molar-refractivity contribution < 1.29 is 4.74 Å². The second-order valence-electron chi connectivity index (χ2n) is 3.81. The maximum Gasteiger partial charge on any atom is 0.122 e. The first kappa shape index (κ1) is 9.53. The van der Waals surface area contributed by atoms with Gasteiger partial charge in [0.2, 0.25) is 0 Å². The Hall–Kier alpha value is -1.02. The molecule has 0 saturated carbocycles. The quantitative estimate of drug-likeness (QED) is 0.793. The molecule has 1 atom stereocenters. The summed E-state index contributed by atoms with van der Waals surface area (Å²) in [5, 5.41) is 0. The molecule has 1 aromatic carbocycles. The molecule has 0 bridgehead atoms. The third-order valence-electron chi connectivity index (χ3n) is 2.88.